The van der Waals surface area contributed by atoms with Crippen molar-refractivity contribution >= 4 is 5.71 Å². The van der Waals surface area contributed by atoms with Crippen LogP contribution in [0.25, 0.3) is 0 Å². The van der Waals surface area contributed by atoms with Crippen molar-refractivity contribution in [1.82, 2.24) is 0 Å². The molecule has 1 nitrogen and oxygen atoms in total. The average Bonchev–Trinajstić information content (AvgIpc) is 2.95. The standard InChI is InChI=1S/C19H21N/c1-2-9-18-14-19(15-20-18,16-10-5-3-6-11-16)17-12-7-4-8-13-17/h3-8,10-13H,2,9,14-15H2,1H3. The lowest BCUT2D eigenvalue weighted by Gasteiger charge is -2.30. The Bertz CT molecular complexity index is 544. The maximum Gasteiger partial charge on any atom is 0.0530 e. The first kappa shape index (κ1) is 13.1. The van der Waals surface area contributed by atoms with Crippen LogP contribution in [0.4, 0.5) is 0 Å². The van der Waals surface area contributed by atoms with Crippen LogP contribution in [-0.4, -0.2) is 12.3 Å². The lowest BCUT2D eigenvalue weighted by molar-refractivity contribution is 0.580. The molecule has 1 heteroatoms. The van der Waals surface area contributed by atoms with E-state index >= 15 is 0 Å². The van der Waals surface area contributed by atoms with Gasteiger partial charge in [-0.1, -0.05) is 74.0 Å². The Morgan fingerprint density at radius 2 is 1.45 bits per heavy atom. The van der Waals surface area contributed by atoms with Crippen molar-refractivity contribution in [3.05, 3.63) is 71.8 Å². The van der Waals surface area contributed by atoms with Crippen LogP contribution in [-0.2, 0) is 5.41 Å². The molecule has 0 aromatic heterocycles. The first-order valence-electron chi connectivity index (χ1n) is 7.48. The molecule has 102 valence electrons. The monoisotopic (exact) mass is 263 g/mol. The van der Waals surface area contributed by atoms with Gasteiger partial charge in [0.1, 0.15) is 0 Å². The molecule has 0 radical (unpaired) electrons. The largest absolute Gasteiger partial charge is 0.293 e. The van der Waals surface area contributed by atoms with E-state index in [-0.39, 0.29) is 5.41 Å². The van der Waals surface area contributed by atoms with E-state index in [2.05, 4.69) is 67.6 Å². The zero-order valence-electron chi connectivity index (χ0n) is 12.0. The summed E-state index contributed by atoms with van der Waals surface area (Å²) >= 11 is 0. The van der Waals surface area contributed by atoms with Gasteiger partial charge >= 0.3 is 0 Å². The summed E-state index contributed by atoms with van der Waals surface area (Å²) in [5.41, 5.74) is 4.20. The fourth-order valence-electron chi connectivity index (χ4n) is 3.23. The maximum atomic E-state index is 4.85. The highest BCUT2D eigenvalue weighted by Gasteiger charge is 2.38. The summed E-state index contributed by atoms with van der Waals surface area (Å²) in [5.74, 6) is 0. The molecule has 3 rings (SSSR count). The minimum absolute atomic E-state index is 0.0486. The van der Waals surface area contributed by atoms with Crippen molar-refractivity contribution in [2.75, 3.05) is 6.54 Å². The normalized spacial score (nSPS) is 16.9. The van der Waals surface area contributed by atoms with E-state index in [0.29, 0.717) is 0 Å². The number of aliphatic imine (C=N–C) groups is 1. The van der Waals surface area contributed by atoms with E-state index in [1.165, 1.54) is 23.3 Å². The number of rotatable bonds is 4. The second-order valence-electron chi connectivity index (χ2n) is 5.62. The van der Waals surface area contributed by atoms with Crippen LogP contribution in [0.5, 0.6) is 0 Å². The Hall–Kier alpha value is -1.89. The highest BCUT2D eigenvalue weighted by atomic mass is 14.8. The second-order valence-corrected chi connectivity index (χ2v) is 5.62. The minimum Gasteiger partial charge on any atom is -0.293 e. The molecule has 0 aliphatic carbocycles. The lowest BCUT2D eigenvalue weighted by Crippen LogP contribution is -2.29. The van der Waals surface area contributed by atoms with Crippen LogP contribution in [0.1, 0.15) is 37.3 Å². The number of nitrogens with zero attached hydrogens (tertiary/aromatic N) is 1. The van der Waals surface area contributed by atoms with Gasteiger partial charge in [0.25, 0.3) is 0 Å². The lowest BCUT2D eigenvalue weighted by atomic mass is 9.72. The molecule has 20 heavy (non-hydrogen) atoms. The molecule has 0 bridgehead atoms. The Morgan fingerprint density at radius 3 is 1.95 bits per heavy atom. The van der Waals surface area contributed by atoms with Crippen LogP contribution < -0.4 is 0 Å². The maximum absolute atomic E-state index is 4.85. The Balaban J connectivity index is 2.03. The van der Waals surface area contributed by atoms with Crippen LogP contribution >= 0.6 is 0 Å². The molecule has 0 atom stereocenters. The minimum atomic E-state index is 0.0486. The smallest absolute Gasteiger partial charge is 0.0530 e. The van der Waals surface area contributed by atoms with Crippen LogP contribution in [0.2, 0.25) is 0 Å². The van der Waals surface area contributed by atoms with Gasteiger partial charge in [0.15, 0.2) is 0 Å². The van der Waals surface area contributed by atoms with Gasteiger partial charge in [0, 0.05) is 17.5 Å². The zero-order chi connectivity index (χ0) is 13.8. The predicted molar refractivity (Wildman–Crippen MR) is 85.5 cm³/mol. The highest BCUT2D eigenvalue weighted by Crippen LogP contribution is 2.40. The summed E-state index contributed by atoms with van der Waals surface area (Å²) in [6, 6.07) is 21.7. The third-order valence-electron chi connectivity index (χ3n) is 4.27. The van der Waals surface area contributed by atoms with E-state index in [4.69, 9.17) is 4.99 Å². The molecule has 0 spiro atoms. The van der Waals surface area contributed by atoms with Crippen LogP contribution in [0, 0.1) is 0 Å². The van der Waals surface area contributed by atoms with Crippen molar-refractivity contribution in [2.24, 2.45) is 4.99 Å². The molecule has 0 saturated heterocycles. The quantitative estimate of drug-likeness (QED) is 0.763. The summed E-state index contributed by atoms with van der Waals surface area (Å²) < 4.78 is 0. The summed E-state index contributed by atoms with van der Waals surface area (Å²) in [5, 5.41) is 0. The number of hydrogen-bond acceptors (Lipinski definition) is 1. The molecule has 0 fully saturated rings. The van der Waals surface area contributed by atoms with E-state index < -0.39 is 0 Å². The van der Waals surface area contributed by atoms with E-state index in [1.807, 2.05) is 0 Å². The Kier molecular flexibility index (Phi) is 3.68. The van der Waals surface area contributed by atoms with Crippen molar-refractivity contribution in [3.8, 4) is 0 Å². The van der Waals surface area contributed by atoms with Gasteiger partial charge in [-0.2, -0.15) is 0 Å². The topological polar surface area (TPSA) is 12.4 Å². The van der Waals surface area contributed by atoms with Crippen LogP contribution in [0.3, 0.4) is 0 Å². The fourth-order valence-corrected chi connectivity index (χ4v) is 3.23. The molecule has 0 N–H and O–H groups in total. The van der Waals surface area contributed by atoms with Gasteiger partial charge in [0.2, 0.25) is 0 Å². The van der Waals surface area contributed by atoms with Gasteiger partial charge < -0.3 is 0 Å². The molecule has 0 saturated carbocycles. The molecule has 0 unspecified atom stereocenters. The van der Waals surface area contributed by atoms with Crippen molar-refractivity contribution in [2.45, 2.75) is 31.6 Å². The van der Waals surface area contributed by atoms with Gasteiger partial charge in [-0.15, -0.1) is 0 Å². The predicted octanol–water partition coefficient (Wildman–Crippen LogP) is 4.62. The highest BCUT2D eigenvalue weighted by molar-refractivity contribution is 5.88. The van der Waals surface area contributed by atoms with E-state index in [1.54, 1.807) is 0 Å². The van der Waals surface area contributed by atoms with Crippen LogP contribution in [0.15, 0.2) is 65.7 Å². The SMILES string of the molecule is CCCC1=NCC(c2ccccc2)(c2ccccc2)C1. The Morgan fingerprint density at radius 1 is 0.900 bits per heavy atom. The first-order valence-corrected chi connectivity index (χ1v) is 7.48. The summed E-state index contributed by atoms with van der Waals surface area (Å²) in [6.45, 7) is 3.11. The Labute approximate surface area is 121 Å². The molecule has 1 aliphatic rings. The molecule has 1 aliphatic heterocycles. The summed E-state index contributed by atoms with van der Waals surface area (Å²) in [6.07, 6.45) is 3.37. The van der Waals surface area contributed by atoms with Gasteiger partial charge in [-0.3, -0.25) is 4.99 Å². The first-order chi connectivity index (χ1) is 9.85. The van der Waals surface area contributed by atoms with Gasteiger partial charge in [0.05, 0.1) is 6.54 Å². The molecule has 2 aromatic carbocycles. The summed E-state index contributed by atoms with van der Waals surface area (Å²) in [7, 11) is 0. The van der Waals surface area contributed by atoms with Crippen molar-refractivity contribution < 1.29 is 0 Å². The number of hydrogen-bond donors (Lipinski definition) is 0. The second kappa shape index (κ2) is 5.62. The average molecular weight is 263 g/mol. The van der Waals surface area contributed by atoms with Crippen molar-refractivity contribution in [1.29, 1.82) is 0 Å². The zero-order valence-corrected chi connectivity index (χ0v) is 12.0. The van der Waals surface area contributed by atoms with E-state index in [0.717, 1.165) is 19.4 Å². The van der Waals surface area contributed by atoms with Crippen molar-refractivity contribution in [3.63, 3.8) is 0 Å². The fraction of sp³-hybridized carbons (Fsp3) is 0.316. The third kappa shape index (κ3) is 2.29. The number of benzene rings is 2. The van der Waals surface area contributed by atoms with Gasteiger partial charge in [-0.05, 0) is 17.5 Å². The summed E-state index contributed by atoms with van der Waals surface area (Å²) in [4.78, 5) is 4.85. The molecular formula is C19H21N. The molecule has 1 heterocycles. The molecular weight excluding hydrogens is 242 g/mol. The third-order valence-corrected chi connectivity index (χ3v) is 4.27. The van der Waals surface area contributed by atoms with E-state index in [9.17, 15) is 0 Å². The molecule has 0 amide bonds. The molecule has 2 aromatic rings. The van der Waals surface area contributed by atoms with Gasteiger partial charge in [-0.25, -0.2) is 0 Å².